The van der Waals surface area contributed by atoms with Crippen LogP contribution in [0.5, 0.6) is 0 Å². The Bertz CT molecular complexity index is 248. The number of methoxy groups -OCH3 is 1. The Morgan fingerprint density at radius 2 is 2.31 bits per heavy atom. The zero-order valence-electron chi connectivity index (χ0n) is 10.6. The minimum atomic E-state index is 0.101. The van der Waals surface area contributed by atoms with E-state index >= 15 is 0 Å². The van der Waals surface area contributed by atoms with Gasteiger partial charge in [-0.2, -0.15) is 0 Å². The zero-order valence-corrected chi connectivity index (χ0v) is 10.6. The van der Waals surface area contributed by atoms with Crippen molar-refractivity contribution in [2.24, 2.45) is 5.92 Å². The van der Waals surface area contributed by atoms with Crippen molar-refractivity contribution in [1.82, 2.24) is 4.90 Å². The quantitative estimate of drug-likeness (QED) is 0.669. The van der Waals surface area contributed by atoms with Gasteiger partial charge in [-0.05, 0) is 25.5 Å². The second-order valence-corrected chi connectivity index (χ2v) is 4.72. The summed E-state index contributed by atoms with van der Waals surface area (Å²) in [5, 5.41) is 0. The van der Waals surface area contributed by atoms with Gasteiger partial charge < -0.3 is 4.74 Å². The van der Waals surface area contributed by atoms with Crippen LogP contribution >= 0.6 is 0 Å². The van der Waals surface area contributed by atoms with Crippen LogP contribution in [0.4, 0.5) is 0 Å². The molecule has 1 aliphatic rings. The van der Waals surface area contributed by atoms with Gasteiger partial charge in [0.25, 0.3) is 0 Å². The third-order valence-electron chi connectivity index (χ3n) is 3.01. The monoisotopic (exact) mass is 225 g/mol. The van der Waals surface area contributed by atoms with Crippen LogP contribution in [0.25, 0.3) is 0 Å². The highest BCUT2D eigenvalue weighted by Crippen LogP contribution is 2.12. The number of likely N-dealkylation sites (tertiary alicyclic amines) is 1. The molecule has 0 bridgehead atoms. The van der Waals surface area contributed by atoms with Crippen LogP contribution in [0.2, 0.25) is 0 Å². The smallest absolute Gasteiger partial charge is 0.157 e. The maximum atomic E-state index is 11.4. The summed E-state index contributed by atoms with van der Waals surface area (Å²) in [6.45, 7) is 6.80. The van der Waals surface area contributed by atoms with Crippen molar-refractivity contribution in [3.63, 3.8) is 0 Å². The first kappa shape index (κ1) is 13.4. The van der Waals surface area contributed by atoms with E-state index in [9.17, 15) is 4.79 Å². The molecule has 1 saturated heterocycles. The molecule has 1 fully saturated rings. The number of hydrogen-bond acceptors (Lipinski definition) is 3. The topological polar surface area (TPSA) is 29.5 Å². The maximum Gasteiger partial charge on any atom is 0.157 e. The summed E-state index contributed by atoms with van der Waals surface area (Å²) < 4.78 is 5.35. The lowest BCUT2D eigenvalue weighted by atomic mass is 10.1. The molecule has 0 aromatic heterocycles. The Hall–Kier alpha value is -0.670. The summed E-state index contributed by atoms with van der Waals surface area (Å²) >= 11 is 0. The van der Waals surface area contributed by atoms with Gasteiger partial charge >= 0.3 is 0 Å². The fourth-order valence-electron chi connectivity index (χ4n) is 1.88. The van der Waals surface area contributed by atoms with E-state index in [0.717, 1.165) is 26.1 Å². The maximum absolute atomic E-state index is 11.4. The van der Waals surface area contributed by atoms with Crippen LogP contribution in [0.1, 0.15) is 26.7 Å². The van der Waals surface area contributed by atoms with Gasteiger partial charge in [0.2, 0.25) is 0 Å². The number of piperidine rings is 1. The zero-order chi connectivity index (χ0) is 12.0. The van der Waals surface area contributed by atoms with E-state index in [1.165, 1.54) is 6.42 Å². The highest BCUT2D eigenvalue weighted by atomic mass is 16.5. The molecule has 1 heterocycles. The number of nitrogens with zero attached hydrogens (tertiary/aromatic N) is 1. The molecule has 1 unspecified atom stereocenters. The Kier molecular flexibility index (Phi) is 5.71. The molecule has 0 N–H and O–H groups in total. The number of carbonyl (C=O) groups excluding carboxylic acids is 1. The summed E-state index contributed by atoms with van der Waals surface area (Å²) in [5.41, 5.74) is 0. The summed E-state index contributed by atoms with van der Waals surface area (Å²) in [6.07, 6.45) is 6.39. The fourth-order valence-corrected chi connectivity index (χ4v) is 1.88. The molecule has 0 aliphatic carbocycles. The van der Waals surface area contributed by atoms with E-state index in [1.54, 1.807) is 13.2 Å². The lowest BCUT2D eigenvalue weighted by molar-refractivity contribution is -0.117. The summed E-state index contributed by atoms with van der Waals surface area (Å²) in [5.74, 6) is 0.310. The highest BCUT2D eigenvalue weighted by molar-refractivity contribution is 5.91. The molecule has 0 radical (unpaired) electrons. The van der Waals surface area contributed by atoms with E-state index < -0.39 is 0 Å². The molecule has 0 spiro atoms. The van der Waals surface area contributed by atoms with E-state index in [-0.39, 0.29) is 11.7 Å². The molecule has 0 amide bonds. The predicted molar refractivity (Wildman–Crippen MR) is 65.5 cm³/mol. The van der Waals surface area contributed by atoms with Crippen LogP contribution in [-0.4, -0.2) is 43.5 Å². The minimum Gasteiger partial charge on any atom is -0.380 e. The van der Waals surface area contributed by atoms with Gasteiger partial charge in [0, 0.05) is 26.1 Å². The molecule has 1 aliphatic heterocycles. The normalized spacial score (nSPS) is 23.1. The fraction of sp³-hybridized carbons (Fsp3) is 0.769. The van der Waals surface area contributed by atoms with Crippen LogP contribution in [0.15, 0.2) is 12.2 Å². The number of carbonyl (C=O) groups is 1. The van der Waals surface area contributed by atoms with Crippen molar-refractivity contribution < 1.29 is 9.53 Å². The lowest BCUT2D eigenvalue weighted by Gasteiger charge is -2.30. The largest absolute Gasteiger partial charge is 0.380 e. The molecule has 3 heteroatoms. The van der Waals surface area contributed by atoms with E-state index in [4.69, 9.17) is 4.74 Å². The molecule has 1 rings (SSSR count). The molecule has 0 aromatic carbocycles. The third kappa shape index (κ3) is 4.45. The van der Waals surface area contributed by atoms with Gasteiger partial charge in [0.05, 0.1) is 6.10 Å². The van der Waals surface area contributed by atoms with Gasteiger partial charge in [0.1, 0.15) is 0 Å². The average molecular weight is 225 g/mol. The number of allylic oxidation sites excluding steroid dienone is 1. The number of hydrogen-bond donors (Lipinski definition) is 0. The number of ether oxygens (including phenoxy) is 1. The van der Waals surface area contributed by atoms with E-state index in [1.807, 2.05) is 19.9 Å². The molecule has 16 heavy (non-hydrogen) atoms. The number of rotatable bonds is 5. The summed E-state index contributed by atoms with van der Waals surface area (Å²) in [7, 11) is 1.77. The van der Waals surface area contributed by atoms with Gasteiger partial charge in [-0.25, -0.2) is 0 Å². The first-order valence-corrected chi connectivity index (χ1v) is 6.09. The second kappa shape index (κ2) is 6.81. The van der Waals surface area contributed by atoms with Gasteiger partial charge in [0.15, 0.2) is 5.78 Å². The molecule has 0 aromatic rings. The number of ketones is 1. The van der Waals surface area contributed by atoms with E-state index in [2.05, 4.69) is 4.90 Å². The molecule has 1 atom stereocenters. The minimum absolute atomic E-state index is 0.101. The lowest BCUT2D eigenvalue weighted by Crippen LogP contribution is -2.39. The molecule has 0 saturated carbocycles. The van der Waals surface area contributed by atoms with Gasteiger partial charge in [-0.15, -0.1) is 0 Å². The Labute approximate surface area is 98.5 Å². The second-order valence-electron chi connectivity index (χ2n) is 4.72. The van der Waals surface area contributed by atoms with Crippen LogP contribution in [0, 0.1) is 5.92 Å². The molecular weight excluding hydrogens is 202 g/mol. The van der Waals surface area contributed by atoms with Crippen LogP contribution in [-0.2, 0) is 9.53 Å². The third-order valence-corrected chi connectivity index (χ3v) is 3.01. The first-order valence-electron chi connectivity index (χ1n) is 6.09. The van der Waals surface area contributed by atoms with Crippen molar-refractivity contribution in [1.29, 1.82) is 0 Å². The van der Waals surface area contributed by atoms with Crippen molar-refractivity contribution >= 4 is 5.78 Å². The van der Waals surface area contributed by atoms with Crippen molar-refractivity contribution in [3.8, 4) is 0 Å². The van der Waals surface area contributed by atoms with Crippen molar-refractivity contribution in [2.45, 2.75) is 32.8 Å². The molecular formula is C13H23NO2. The van der Waals surface area contributed by atoms with Crippen LogP contribution in [0.3, 0.4) is 0 Å². The Balaban J connectivity index is 2.29. The SMILES string of the molecule is COC1CCCN(C/C=C/C(=O)C(C)C)C1. The summed E-state index contributed by atoms with van der Waals surface area (Å²) in [6, 6.07) is 0. The Morgan fingerprint density at radius 3 is 2.94 bits per heavy atom. The molecule has 92 valence electrons. The standard InChI is InChI=1S/C13H23NO2/c1-11(2)13(15)7-5-9-14-8-4-6-12(10-14)16-3/h5,7,11-12H,4,6,8-10H2,1-3H3/b7-5+. The van der Waals surface area contributed by atoms with Gasteiger partial charge in [-0.1, -0.05) is 19.9 Å². The van der Waals surface area contributed by atoms with E-state index in [0.29, 0.717) is 6.10 Å². The van der Waals surface area contributed by atoms with Crippen molar-refractivity contribution in [2.75, 3.05) is 26.7 Å². The van der Waals surface area contributed by atoms with Crippen molar-refractivity contribution in [3.05, 3.63) is 12.2 Å². The first-order chi connectivity index (χ1) is 7.63. The van der Waals surface area contributed by atoms with Gasteiger partial charge in [-0.3, -0.25) is 9.69 Å². The average Bonchev–Trinajstić information content (AvgIpc) is 2.29. The Morgan fingerprint density at radius 1 is 1.56 bits per heavy atom. The highest BCUT2D eigenvalue weighted by Gasteiger charge is 2.17. The molecule has 3 nitrogen and oxygen atoms in total. The van der Waals surface area contributed by atoms with Crippen LogP contribution < -0.4 is 0 Å². The summed E-state index contributed by atoms with van der Waals surface area (Å²) in [4.78, 5) is 13.7. The predicted octanol–water partition coefficient (Wildman–Crippen LogP) is 1.88.